The fraction of sp³-hybridized carbons (Fsp3) is 0. The summed E-state index contributed by atoms with van der Waals surface area (Å²) in [6, 6.07) is 22.2. The van der Waals surface area contributed by atoms with E-state index in [-0.39, 0.29) is 11.3 Å². The van der Waals surface area contributed by atoms with Gasteiger partial charge in [0.15, 0.2) is 5.57 Å². The molecule has 0 amide bonds. The van der Waals surface area contributed by atoms with Crippen LogP contribution in [-0.4, -0.2) is 0 Å². The number of nitrogens with zero attached hydrogens (tertiary/aromatic N) is 3. The molecule has 0 unspecified atom stereocenters. The lowest BCUT2D eigenvalue weighted by Gasteiger charge is -2.03. The van der Waals surface area contributed by atoms with Gasteiger partial charge in [-0.3, -0.25) is 0 Å². The van der Waals surface area contributed by atoms with Crippen molar-refractivity contribution < 1.29 is 4.42 Å². The average molecular weight is 310 g/mol. The first kappa shape index (κ1) is 14.9. The second-order valence-electron chi connectivity index (χ2n) is 4.94. The largest absolute Gasteiger partial charge is 0.456 e. The summed E-state index contributed by atoms with van der Waals surface area (Å²) >= 11 is 0. The second kappa shape index (κ2) is 6.40. The second-order valence-corrected chi connectivity index (χ2v) is 4.94. The lowest BCUT2D eigenvalue weighted by atomic mass is 10.1. The Hall–Kier alpha value is -4.01. The molecule has 5 heteroatoms. The van der Waals surface area contributed by atoms with Crippen LogP contribution in [0.1, 0.15) is 0 Å². The molecular formula is C19H10N4O. The van der Waals surface area contributed by atoms with Crippen molar-refractivity contribution in [2.75, 3.05) is 5.32 Å². The van der Waals surface area contributed by atoms with E-state index in [0.29, 0.717) is 11.3 Å². The number of furan rings is 1. The van der Waals surface area contributed by atoms with Gasteiger partial charge in [0.1, 0.15) is 35.2 Å². The third-order valence-electron chi connectivity index (χ3n) is 3.43. The first-order chi connectivity index (χ1) is 11.7. The number of benzene rings is 2. The summed E-state index contributed by atoms with van der Waals surface area (Å²) in [5, 5.41) is 30.5. The standard InChI is InChI=1S/C19H10N4O/c20-10-15(11-21)17(12-22)23-16-6-7-18-14(8-16)9-19(24-18)13-4-2-1-3-5-13/h1-9,23H. The van der Waals surface area contributed by atoms with E-state index >= 15 is 0 Å². The summed E-state index contributed by atoms with van der Waals surface area (Å²) in [5.41, 5.74) is 1.95. The van der Waals surface area contributed by atoms with Gasteiger partial charge in [0.25, 0.3) is 0 Å². The summed E-state index contributed by atoms with van der Waals surface area (Å²) in [6.45, 7) is 0. The molecule has 0 saturated heterocycles. The number of nitriles is 3. The zero-order valence-corrected chi connectivity index (χ0v) is 12.4. The fourth-order valence-corrected chi connectivity index (χ4v) is 2.29. The number of nitrogens with one attached hydrogen (secondary N) is 1. The molecule has 0 bridgehead atoms. The SMILES string of the molecule is N#CC(C#N)=C(C#N)Nc1ccc2oc(-c3ccccc3)cc2c1. The van der Waals surface area contributed by atoms with Crippen LogP contribution in [0.25, 0.3) is 22.3 Å². The zero-order valence-electron chi connectivity index (χ0n) is 12.4. The van der Waals surface area contributed by atoms with Crippen LogP contribution in [0.5, 0.6) is 0 Å². The number of hydrogen-bond acceptors (Lipinski definition) is 5. The molecule has 0 spiro atoms. The molecule has 3 aromatic rings. The van der Waals surface area contributed by atoms with E-state index in [4.69, 9.17) is 20.2 Å². The minimum atomic E-state index is -0.255. The average Bonchev–Trinajstić information content (AvgIpc) is 3.06. The quantitative estimate of drug-likeness (QED) is 0.726. The minimum Gasteiger partial charge on any atom is -0.456 e. The van der Waals surface area contributed by atoms with Crippen molar-refractivity contribution in [2.45, 2.75) is 0 Å². The molecule has 0 aliphatic carbocycles. The Labute approximate surface area is 138 Å². The highest BCUT2D eigenvalue weighted by Crippen LogP contribution is 2.29. The third kappa shape index (κ3) is 2.81. The molecule has 0 radical (unpaired) electrons. The first-order valence-corrected chi connectivity index (χ1v) is 7.06. The molecule has 0 saturated carbocycles. The molecule has 5 nitrogen and oxygen atoms in total. The molecule has 0 fully saturated rings. The predicted molar refractivity (Wildman–Crippen MR) is 89.1 cm³/mol. The third-order valence-corrected chi connectivity index (χ3v) is 3.43. The van der Waals surface area contributed by atoms with E-state index in [9.17, 15) is 0 Å². The Kier molecular flexibility index (Phi) is 3.98. The summed E-state index contributed by atoms with van der Waals surface area (Å²) in [6.07, 6.45) is 0. The van der Waals surface area contributed by atoms with Crippen molar-refractivity contribution in [3.05, 3.63) is 65.9 Å². The van der Waals surface area contributed by atoms with Crippen molar-refractivity contribution in [1.82, 2.24) is 0 Å². The molecule has 24 heavy (non-hydrogen) atoms. The van der Waals surface area contributed by atoms with E-state index in [2.05, 4.69) is 5.32 Å². The van der Waals surface area contributed by atoms with Gasteiger partial charge < -0.3 is 9.73 Å². The zero-order chi connectivity index (χ0) is 16.9. The smallest absolute Gasteiger partial charge is 0.163 e. The van der Waals surface area contributed by atoms with Crippen LogP contribution >= 0.6 is 0 Å². The topological polar surface area (TPSA) is 96.5 Å². The fourth-order valence-electron chi connectivity index (χ4n) is 2.29. The van der Waals surface area contributed by atoms with Crippen molar-refractivity contribution in [3.63, 3.8) is 0 Å². The lowest BCUT2D eigenvalue weighted by Crippen LogP contribution is -2.00. The van der Waals surface area contributed by atoms with Crippen molar-refractivity contribution >= 4 is 16.7 Å². The Bertz CT molecular complexity index is 1040. The molecule has 0 aliphatic rings. The highest BCUT2D eigenvalue weighted by molar-refractivity contribution is 5.86. The van der Waals surface area contributed by atoms with E-state index in [1.54, 1.807) is 30.3 Å². The van der Waals surface area contributed by atoms with Crippen molar-refractivity contribution in [1.29, 1.82) is 15.8 Å². The van der Waals surface area contributed by atoms with Gasteiger partial charge in [-0.05, 0) is 24.3 Å². The molecule has 1 aromatic heterocycles. The van der Waals surface area contributed by atoms with Crippen LogP contribution in [0.4, 0.5) is 5.69 Å². The molecule has 1 heterocycles. The van der Waals surface area contributed by atoms with E-state index in [1.165, 1.54) is 0 Å². The van der Waals surface area contributed by atoms with Crippen LogP contribution in [0.3, 0.4) is 0 Å². The molecule has 112 valence electrons. The summed E-state index contributed by atoms with van der Waals surface area (Å²) < 4.78 is 5.82. The maximum atomic E-state index is 9.09. The first-order valence-electron chi connectivity index (χ1n) is 7.06. The number of hydrogen-bond donors (Lipinski definition) is 1. The lowest BCUT2D eigenvalue weighted by molar-refractivity contribution is 0.631. The maximum Gasteiger partial charge on any atom is 0.163 e. The Morgan fingerprint density at radius 3 is 2.29 bits per heavy atom. The van der Waals surface area contributed by atoms with Gasteiger partial charge in [-0.15, -0.1) is 0 Å². The normalized spacial score (nSPS) is 9.54. The molecule has 2 aromatic carbocycles. The minimum absolute atomic E-state index is 0.0777. The van der Waals surface area contributed by atoms with Gasteiger partial charge in [-0.25, -0.2) is 0 Å². The predicted octanol–water partition coefficient (Wildman–Crippen LogP) is 4.34. The monoisotopic (exact) mass is 310 g/mol. The molecule has 1 N–H and O–H groups in total. The van der Waals surface area contributed by atoms with Gasteiger partial charge in [0.05, 0.1) is 0 Å². The van der Waals surface area contributed by atoms with Gasteiger partial charge in [-0.1, -0.05) is 30.3 Å². The number of fused-ring (bicyclic) bond motifs is 1. The molecule has 3 rings (SSSR count). The van der Waals surface area contributed by atoms with Crippen LogP contribution in [0.2, 0.25) is 0 Å². The van der Waals surface area contributed by atoms with Crippen LogP contribution < -0.4 is 5.32 Å². The van der Waals surface area contributed by atoms with E-state index in [0.717, 1.165) is 16.7 Å². The van der Waals surface area contributed by atoms with E-state index in [1.807, 2.05) is 42.5 Å². The highest BCUT2D eigenvalue weighted by Gasteiger charge is 2.09. The number of rotatable bonds is 3. The van der Waals surface area contributed by atoms with Crippen molar-refractivity contribution in [3.8, 4) is 29.5 Å². The summed E-state index contributed by atoms with van der Waals surface area (Å²) in [5.74, 6) is 0.744. The van der Waals surface area contributed by atoms with Gasteiger partial charge in [0, 0.05) is 16.6 Å². The van der Waals surface area contributed by atoms with Gasteiger partial charge in [0.2, 0.25) is 0 Å². The van der Waals surface area contributed by atoms with Crippen LogP contribution in [0.15, 0.2) is 70.3 Å². The van der Waals surface area contributed by atoms with Crippen LogP contribution in [0, 0.1) is 34.0 Å². The molecular weight excluding hydrogens is 300 g/mol. The van der Waals surface area contributed by atoms with Crippen molar-refractivity contribution in [2.24, 2.45) is 0 Å². The Balaban J connectivity index is 1.99. The number of anilines is 1. The van der Waals surface area contributed by atoms with E-state index < -0.39 is 0 Å². The van der Waals surface area contributed by atoms with Gasteiger partial charge in [-0.2, -0.15) is 15.8 Å². The highest BCUT2D eigenvalue weighted by atomic mass is 16.3. The summed E-state index contributed by atoms with van der Waals surface area (Å²) in [7, 11) is 0. The molecule has 0 atom stereocenters. The Morgan fingerprint density at radius 1 is 0.875 bits per heavy atom. The molecule has 0 aliphatic heterocycles. The number of allylic oxidation sites excluding steroid dienone is 2. The Morgan fingerprint density at radius 2 is 1.62 bits per heavy atom. The van der Waals surface area contributed by atoms with Gasteiger partial charge >= 0.3 is 0 Å². The summed E-state index contributed by atoms with van der Waals surface area (Å²) in [4.78, 5) is 0. The van der Waals surface area contributed by atoms with Crippen LogP contribution in [-0.2, 0) is 0 Å². The maximum absolute atomic E-state index is 9.09.